The normalized spacial score (nSPS) is 14.7. The Kier molecular flexibility index (Phi) is 8.28. The number of nitriles is 1. The Bertz CT molecular complexity index is 1780. The zero-order valence-electron chi connectivity index (χ0n) is 23.6. The van der Waals surface area contributed by atoms with Crippen LogP contribution in [-0.4, -0.2) is 55.8 Å². The van der Waals surface area contributed by atoms with Gasteiger partial charge in [0.05, 0.1) is 30.0 Å². The van der Waals surface area contributed by atoms with Crippen LogP contribution in [0.3, 0.4) is 0 Å². The minimum atomic E-state index is -5.35. The summed E-state index contributed by atoms with van der Waals surface area (Å²) < 4.78 is 47.2. The lowest BCUT2D eigenvalue weighted by Gasteiger charge is -2.41. The number of halogens is 3. The Labute approximate surface area is 249 Å². The summed E-state index contributed by atoms with van der Waals surface area (Å²) in [5.41, 5.74) is 2.38. The number of carbonyl (C=O) groups is 3. The first-order valence-corrected chi connectivity index (χ1v) is 13.4. The maximum Gasteiger partial charge on any atom is 0.493 e. The molecule has 13 heteroatoms. The number of hydrogen-bond acceptors (Lipinski definition) is 8. The Balaban J connectivity index is 1.69. The lowest BCUT2D eigenvalue weighted by atomic mass is 9.99. The molecule has 1 aliphatic heterocycles. The molecule has 1 N–H and O–H groups in total. The smallest absolute Gasteiger partial charge is 0.465 e. The summed E-state index contributed by atoms with van der Waals surface area (Å²) in [6.07, 6.45) is -3.71. The molecule has 0 aliphatic carbocycles. The molecule has 0 radical (unpaired) electrons. The molecule has 44 heavy (non-hydrogen) atoms. The van der Waals surface area contributed by atoms with E-state index in [9.17, 15) is 27.6 Å². The highest BCUT2D eigenvalue weighted by Gasteiger charge is 2.48. The van der Waals surface area contributed by atoms with Crippen LogP contribution in [0.4, 0.5) is 24.5 Å². The summed E-state index contributed by atoms with van der Waals surface area (Å²) in [6, 6.07) is 18.4. The fraction of sp³-hybridized carbons (Fsp3) is 0.226. The average molecular weight is 606 g/mol. The molecule has 0 spiro atoms. The van der Waals surface area contributed by atoms with Crippen molar-refractivity contribution in [2.24, 2.45) is 0 Å². The van der Waals surface area contributed by atoms with Gasteiger partial charge in [-0.1, -0.05) is 30.3 Å². The number of ether oxygens (including phenoxy) is 1. The van der Waals surface area contributed by atoms with Gasteiger partial charge in [0.25, 0.3) is 5.91 Å². The molecule has 10 nitrogen and oxygen atoms in total. The van der Waals surface area contributed by atoms with E-state index in [-0.39, 0.29) is 23.5 Å². The van der Waals surface area contributed by atoms with E-state index in [1.807, 2.05) is 4.57 Å². The Morgan fingerprint density at radius 2 is 1.77 bits per heavy atom. The molecule has 0 saturated heterocycles. The van der Waals surface area contributed by atoms with Crippen molar-refractivity contribution < 1.29 is 37.1 Å². The molecule has 0 fully saturated rings. The van der Waals surface area contributed by atoms with E-state index in [1.165, 1.54) is 30.2 Å². The van der Waals surface area contributed by atoms with Crippen molar-refractivity contribution in [1.82, 2.24) is 9.88 Å². The first kappa shape index (κ1) is 30.1. The van der Waals surface area contributed by atoms with Gasteiger partial charge in [-0.3, -0.25) is 4.79 Å². The minimum Gasteiger partial charge on any atom is -0.465 e. The molecule has 1 unspecified atom stereocenters. The lowest BCUT2D eigenvalue weighted by molar-refractivity contribution is -0.202. The number of nitrogens with zero attached hydrogens (tertiary/aromatic N) is 4. The fourth-order valence-electron chi connectivity index (χ4n) is 5.14. The second-order valence-corrected chi connectivity index (χ2v) is 9.93. The van der Waals surface area contributed by atoms with Crippen LogP contribution in [0.2, 0.25) is 0 Å². The maximum atomic E-state index is 14.3. The van der Waals surface area contributed by atoms with Crippen molar-refractivity contribution in [3.05, 3.63) is 95.2 Å². The minimum absolute atomic E-state index is 0.0279. The molecule has 5 rings (SSSR count). The molecule has 0 bridgehead atoms. The quantitative estimate of drug-likeness (QED) is 0.292. The van der Waals surface area contributed by atoms with Gasteiger partial charge >= 0.3 is 18.1 Å². The molecule has 1 amide bonds. The average Bonchev–Trinajstić information content (AvgIpc) is 3.37. The summed E-state index contributed by atoms with van der Waals surface area (Å²) in [5.74, 6) is -3.91. The SMILES string of the molecule is CNCCN1C(=O)C(c2cn(Cc3ccc(C#N)cc3)c3ccccc23)N(OC(=O)C(F)(F)F)c2ccc(C(=O)OC)cc21. The second-order valence-electron chi connectivity index (χ2n) is 9.93. The van der Waals surface area contributed by atoms with Crippen molar-refractivity contribution in [3.63, 3.8) is 0 Å². The van der Waals surface area contributed by atoms with Gasteiger partial charge in [-0.15, -0.1) is 0 Å². The highest BCUT2D eigenvalue weighted by molar-refractivity contribution is 6.09. The standard InChI is InChI=1S/C31H26F3N5O5/c1-36-13-14-38-26-15-21(29(41)43-2)11-12-25(26)39(44-30(42)31(32,33)34)27(28(38)40)23-18-37(24-6-4-3-5-22(23)24)17-20-9-7-19(16-35)8-10-20/h3-12,15,18,27,36H,13-14,17H2,1-2H3. The molecule has 4 aromatic rings. The molecule has 1 aromatic heterocycles. The number of likely N-dealkylation sites (N-methyl/N-ethyl adjacent to an activating group) is 1. The largest absolute Gasteiger partial charge is 0.493 e. The third-order valence-corrected chi connectivity index (χ3v) is 7.21. The van der Waals surface area contributed by atoms with Crippen LogP contribution in [0.1, 0.15) is 33.1 Å². The van der Waals surface area contributed by atoms with Crippen LogP contribution in [0.5, 0.6) is 0 Å². The third-order valence-electron chi connectivity index (χ3n) is 7.21. The number of benzene rings is 3. The molecule has 226 valence electrons. The zero-order chi connectivity index (χ0) is 31.6. The first-order valence-electron chi connectivity index (χ1n) is 13.4. The molecule has 0 saturated carbocycles. The molecule has 2 heterocycles. The number of hydrogen-bond donors (Lipinski definition) is 1. The number of hydroxylamine groups is 1. The number of para-hydroxylation sites is 1. The molecule has 1 atom stereocenters. The second kappa shape index (κ2) is 12.1. The van der Waals surface area contributed by atoms with Gasteiger partial charge in [-0.25, -0.2) is 9.59 Å². The van der Waals surface area contributed by atoms with Crippen molar-refractivity contribution in [2.45, 2.75) is 18.8 Å². The van der Waals surface area contributed by atoms with Gasteiger partial charge in [-0.2, -0.15) is 23.5 Å². The predicted octanol–water partition coefficient (Wildman–Crippen LogP) is 4.48. The number of anilines is 2. The fourth-order valence-corrected chi connectivity index (χ4v) is 5.14. The molecule has 1 aliphatic rings. The van der Waals surface area contributed by atoms with Gasteiger partial charge in [0.1, 0.15) is 5.69 Å². The number of carbonyl (C=O) groups excluding carboxylic acids is 3. The van der Waals surface area contributed by atoms with Gasteiger partial charge in [0, 0.05) is 42.3 Å². The van der Waals surface area contributed by atoms with Crippen LogP contribution < -0.4 is 15.3 Å². The summed E-state index contributed by atoms with van der Waals surface area (Å²) >= 11 is 0. The third kappa shape index (κ3) is 5.67. The van der Waals surface area contributed by atoms with E-state index < -0.39 is 30.1 Å². The Hall–Kier alpha value is -5.35. The van der Waals surface area contributed by atoms with Crippen LogP contribution in [-0.2, 0) is 25.7 Å². The zero-order valence-corrected chi connectivity index (χ0v) is 23.6. The number of methoxy groups -OCH3 is 1. The monoisotopic (exact) mass is 605 g/mol. The van der Waals surface area contributed by atoms with E-state index in [4.69, 9.17) is 14.8 Å². The van der Waals surface area contributed by atoms with E-state index >= 15 is 0 Å². The lowest BCUT2D eigenvalue weighted by Crippen LogP contribution is -2.51. The van der Waals surface area contributed by atoms with Crippen molar-refractivity contribution in [1.29, 1.82) is 5.26 Å². The number of rotatable bonds is 8. The topological polar surface area (TPSA) is 117 Å². The summed E-state index contributed by atoms with van der Waals surface area (Å²) in [7, 11) is 2.85. The van der Waals surface area contributed by atoms with Gasteiger partial charge in [0.15, 0.2) is 6.04 Å². The van der Waals surface area contributed by atoms with Crippen molar-refractivity contribution in [3.8, 4) is 6.07 Å². The number of amides is 1. The first-order chi connectivity index (χ1) is 21.1. The van der Waals surface area contributed by atoms with Crippen molar-refractivity contribution in [2.75, 3.05) is 37.2 Å². The van der Waals surface area contributed by atoms with Crippen LogP contribution >= 0.6 is 0 Å². The van der Waals surface area contributed by atoms with Gasteiger partial charge < -0.3 is 24.4 Å². The molecular weight excluding hydrogens is 579 g/mol. The van der Waals surface area contributed by atoms with E-state index in [0.717, 1.165) is 5.56 Å². The van der Waals surface area contributed by atoms with E-state index in [2.05, 4.69) is 11.4 Å². The number of nitrogens with one attached hydrogen (secondary N) is 1. The number of alkyl halides is 3. The van der Waals surface area contributed by atoms with Gasteiger partial charge in [-0.05, 0) is 49.0 Å². The number of esters is 1. The highest BCUT2D eigenvalue weighted by atomic mass is 19.4. The highest BCUT2D eigenvalue weighted by Crippen LogP contribution is 2.45. The summed E-state index contributed by atoms with van der Waals surface area (Å²) in [6.45, 7) is 0.718. The maximum absolute atomic E-state index is 14.3. The predicted molar refractivity (Wildman–Crippen MR) is 154 cm³/mol. The Morgan fingerprint density at radius 3 is 2.43 bits per heavy atom. The molecular formula is C31H26F3N5O5. The van der Waals surface area contributed by atoms with E-state index in [1.54, 1.807) is 61.8 Å². The van der Waals surface area contributed by atoms with Crippen molar-refractivity contribution >= 4 is 40.1 Å². The van der Waals surface area contributed by atoms with Crippen LogP contribution in [0.25, 0.3) is 10.9 Å². The number of fused-ring (bicyclic) bond motifs is 2. The number of aromatic nitrogens is 1. The van der Waals surface area contributed by atoms with Gasteiger partial charge in [0.2, 0.25) is 0 Å². The summed E-state index contributed by atoms with van der Waals surface area (Å²) in [5, 5.41) is 13.3. The van der Waals surface area contributed by atoms with Crippen LogP contribution in [0.15, 0.2) is 72.9 Å². The van der Waals surface area contributed by atoms with E-state index in [0.29, 0.717) is 40.2 Å². The Morgan fingerprint density at radius 1 is 1.05 bits per heavy atom. The van der Waals surface area contributed by atoms with Crippen LogP contribution in [0, 0.1) is 11.3 Å². The molecule has 3 aromatic carbocycles. The summed E-state index contributed by atoms with van der Waals surface area (Å²) in [4.78, 5) is 45.1.